The van der Waals surface area contributed by atoms with E-state index in [1.54, 1.807) is 18.3 Å². The van der Waals surface area contributed by atoms with E-state index in [-0.39, 0.29) is 5.78 Å². The van der Waals surface area contributed by atoms with Gasteiger partial charge in [-0.2, -0.15) is 0 Å². The van der Waals surface area contributed by atoms with Crippen LogP contribution in [0.4, 0.5) is 0 Å². The van der Waals surface area contributed by atoms with Crippen molar-refractivity contribution in [3.8, 4) is 0 Å². The van der Waals surface area contributed by atoms with Gasteiger partial charge in [-0.15, -0.1) is 11.3 Å². The highest BCUT2D eigenvalue weighted by atomic mass is 32.1. The van der Waals surface area contributed by atoms with Crippen molar-refractivity contribution in [2.45, 2.75) is 39.0 Å². The second-order valence-corrected chi connectivity index (χ2v) is 4.59. The first-order chi connectivity index (χ1) is 6.27. The van der Waals surface area contributed by atoms with E-state index in [0.29, 0.717) is 5.01 Å². The molecule has 0 aromatic carbocycles. The number of thiazole rings is 1. The lowest BCUT2D eigenvalue weighted by molar-refractivity contribution is 0.101. The van der Waals surface area contributed by atoms with Gasteiger partial charge in [0.1, 0.15) is 0 Å². The van der Waals surface area contributed by atoms with Crippen molar-refractivity contribution in [1.29, 1.82) is 0 Å². The summed E-state index contributed by atoms with van der Waals surface area (Å²) >= 11 is 1.60. The molecule has 0 spiro atoms. The fourth-order valence-corrected chi connectivity index (χ4v) is 2.72. The van der Waals surface area contributed by atoms with Crippen LogP contribution in [0.2, 0.25) is 0 Å². The summed E-state index contributed by atoms with van der Waals surface area (Å²) in [4.78, 5) is 16.8. The van der Waals surface area contributed by atoms with Crippen molar-refractivity contribution in [3.63, 3.8) is 0 Å². The van der Waals surface area contributed by atoms with E-state index in [1.165, 1.54) is 29.8 Å². The van der Waals surface area contributed by atoms with Gasteiger partial charge in [-0.1, -0.05) is 6.42 Å². The van der Waals surface area contributed by atoms with Crippen molar-refractivity contribution in [3.05, 3.63) is 15.6 Å². The largest absolute Gasteiger partial charge is 0.292 e. The molecule has 1 aromatic heterocycles. The number of ketones is 1. The van der Waals surface area contributed by atoms with Gasteiger partial charge in [0.2, 0.25) is 0 Å². The van der Waals surface area contributed by atoms with Crippen LogP contribution in [0.3, 0.4) is 0 Å². The van der Waals surface area contributed by atoms with Crippen LogP contribution in [0.5, 0.6) is 0 Å². The number of carbonyl (C=O) groups is 1. The van der Waals surface area contributed by atoms with E-state index in [4.69, 9.17) is 0 Å². The Morgan fingerprint density at radius 2 is 2.08 bits per heavy atom. The predicted molar refractivity (Wildman–Crippen MR) is 53.4 cm³/mol. The van der Waals surface area contributed by atoms with Gasteiger partial charge < -0.3 is 0 Å². The highest BCUT2D eigenvalue weighted by molar-refractivity contribution is 7.13. The van der Waals surface area contributed by atoms with Crippen molar-refractivity contribution in [2.75, 3.05) is 0 Å². The standard InChI is InChI=1S/C10H13NOS/c1-7(12)10-11-8-5-3-2-4-6-9(8)13-10/h2-6H2,1H3. The SMILES string of the molecule is CC(=O)c1nc2c(s1)CCCCC2. The van der Waals surface area contributed by atoms with Crippen LogP contribution in [-0.4, -0.2) is 10.8 Å². The van der Waals surface area contributed by atoms with E-state index in [0.717, 1.165) is 12.8 Å². The fraction of sp³-hybridized carbons (Fsp3) is 0.600. The number of nitrogens with zero attached hydrogens (tertiary/aromatic N) is 1. The molecule has 0 amide bonds. The molecule has 70 valence electrons. The average molecular weight is 195 g/mol. The minimum atomic E-state index is 0.109. The molecule has 3 heteroatoms. The predicted octanol–water partition coefficient (Wildman–Crippen LogP) is 2.61. The van der Waals surface area contributed by atoms with Crippen molar-refractivity contribution in [1.82, 2.24) is 4.98 Å². The minimum Gasteiger partial charge on any atom is -0.292 e. The van der Waals surface area contributed by atoms with Gasteiger partial charge >= 0.3 is 0 Å². The van der Waals surface area contributed by atoms with Gasteiger partial charge in [0.25, 0.3) is 0 Å². The number of aryl methyl sites for hydroxylation is 2. The number of aromatic nitrogens is 1. The maximum Gasteiger partial charge on any atom is 0.188 e. The molecule has 1 aliphatic carbocycles. The molecule has 0 radical (unpaired) electrons. The van der Waals surface area contributed by atoms with Crippen LogP contribution in [0.25, 0.3) is 0 Å². The summed E-state index contributed by atoms with van der Waals surface area (Å²) < 4.78 is 0. The highest BCUT2D eigenvalue weighted by Crippen LogP contribution is 2.25. The summed E-state index contributed by atoms with van der Waals surface area (Å²) in [7, 11) is 0. The number of carbonyl (C=O) groups excluding carboxylic acids is 1. The molecule has 1 heterocycles. The number of fused-ring (bicyclic) bond motifs is 1. The molecule has 2 nitrogen and oxygen atoms in total. The van der Waals surface area contributed by atoms with Gasteiger partial charge in [-0.05, 0) is 25.7 Å². The summed E-state index contributed by atoms with van der Waals surface area (Å²) in [6.45, 7) is 1.60. The monoisotopic (exact) mass is 195 g/mol. The Morgan fingerprint density at radius 1 is 1.31 bits per heavy atom. The molecule has 0 fully saturated rings. The molecule has 0 N–H and O–H groups in total. The Bertz CT molecular complexity index is 306. The number of Topliss-reactive ketones (excluding diaryl/α,β-unsaturated/α-hetero) is 1. The van der Waals surface area contributed by atoms with Gasteiger partial charge in [0, 0.05) is 11.8 Å². The van der Waals surface area contributed by atoms with Gasteiger partial charge in [-0.3, -0.25) is 4.79 Å². The maximum absolute atomic E-state index is 11.1. The summed E-state index contributed by atoms with van der Waals surface area (Å²) in [6.07, 6.45) is 5.98. The second-order valence-electron chi connectivity index (χ2n) is 3.51. The number of rotatable bonds is 1. The molecule has 2 rings (SSSR count). The minimum absolute atomic E-state index is 0.109. The molecule has 1 aliphatic rings. The van der Waals surface area contributed by atoms with E-state index < -0.39 is 0 Å². The Balaban J connectivity index is 2.32. The lowest BCUT2D eigenvalue weighted by Crippen LogP contribution is -1.92. The Hall–Kier alpha value is -0.700. The topological polar surface area (TPSA) is 30.0 Å². The lowest BCUT2D eigenvalue weighted by atomic mass is 10.2. The zero-order valence-corrected chi connectivity index (χ0v) is 8.62. The lowest BCUT2D eigenvalue weighted by Gasteiger charge is -1.90. The summed E-state index contributed by atoms with van der Waals surface area (Å²) in [6, 6.07) is 0. The Kier molecular flexibility index (Phi) is 2.44. The van der Waals surface area contributed by atoms with Crippen LogP contribution in [0.15, 0.2) is 0 Å². The molecule has 0 saturated carbocycles. The summed E-state index contributed by atoms with van der Waals surface area (Å²) in [5, 5.41) is 0.701. The maximum atomic E-state index is 11.1. The Morgan fingerprint density at radius 3 is 2.85 bits per heavy atom. The van der Waals surface area contributed by atoms with E-state index >= 15 is 0 Å². The fourth-order valence-electron chi connectivity index (χ4n) is 1.68. The third-order valence-electron chi connectivity index (χ3n) is 2.40. The highest BCUT2D eigenvalue weighted by Gasteiger charge is 2.15. The normalized spacial score (nSPS) is 16.4. The smallest absolute Gasteiger partial charge is 0.188 e. The zero-order chi connectivity index (χ0) is 9.26. The second kappa shape index (κ2) is 3.58. The summed E-state index contributed by atoms with van der Waals surface area (Å²) in [5.41, 5.74) is 1.19. The van der Waals surface area contributed by atoms with Crippen molar-refractivity contribution in [2.24, 2.45) is 0 Å². The molecular formula is C10H13NOS. The van der Waals surface area contributed by atoms with Crippen LogP contribution >= 0.6 is 11.3 Å². The number of hydrogen-bond donors (Lipinski definition) is 0. The quantitative estimate of drug-likeness (QED) is 0.509. The molecule has 0 saturated heterocycles. The molecular weight excluding hydrogens is 182 g/mol. The van der Waals surface area contributed by atoms with Gasteiger partial charge in [0.15, 0.2) is 10.8 Å². The number of hydrogen-bond acceptors (Lipinski definition) is 3. The Labute approximate surface area is 82.0 Å². The van der Waals surface area contributed by atoms with Crippen LogP contribution in [-0.2, 0) is 12.8 Å². The van der Waals surface area contributed by atoms with Crippen molar-refractivity contribution < 1.29 is 4.79 Å². The molecule has 0 bridgehead atoms. The van der Waals surface area contributed by atoms with Crippen LogP contribution in [0.1, 0.15) is 46.6 Å². The molecule has 1 aromatic rings. The van der Waals surface area contributed by atoms with E-state index in [2.05, 4.69) is 4.98 Å². The first-order valence-electron chi connectivity index (χ1n) is 4.77. The van der Waals surface area contributed by atoms with Crippen molar-refractivity contribution >= 4 is 17.1 Å². The third-order valence-corrected chi connectivity index (χ3v) is 3.66. The van der Waals surface area contributed by atoms with Crippen LogP contribution < -0.4 is 0 Å². The first kappa shape index (κ1) is 8.88. The molecule has 13 heavy (non-hydrogen) atoms. The average Bonchev–Trinajstić information content (AvgIpc) is 2.38. The first-order valence-corrected chi connectivity index (χ1v) is 5.58. The molecule has 0 atom stereocenters. The van der Waals surface area contributed by atoms with Gasteiger partial charge in [-0.25, -0.2) is 4.98 Å². The molecule has 0 aliphatic heterocycles. The van der Waals surface area contributed by atoms with E-state index in [1.807, 2.05) is 0 Å². The van der Waals surface area contributed by atoms with Crippen LogP contribution in [0, 0.1) is 0 Å². The van der Waals surface area contributed by atoms with E-state index in [9.17, 15) is 4.79 Å². The zero-order valence-electron chi connectivity index (χ0n) is 7.80. The summed E-state index contributed by atoms with van der Waals surface area (Å²) in [5.74, 6) is 0.109. The third kappa shape index (κ3) is 1.80. The van der Waals surface area contributed by atoms with Gasteiger partial charge in [0.05, 0.1) is 5.69 Å². The molecule has 0 unspecified atom stereocenters.